The Balaban J connectivity index is 1.81. The number of halogens is 3. The highest BCUT2D eigenvalue weighted by atomic mass is 19.2. The third-order valence-corrected chi connectivity index (χ3v) is 5.48. The molecule has 0 saturated heterocycles. The minimum atomic E-state index is -1.54. The Labute approximate surface area is 249 Å². The van der Waals surface area contributed by atoms with E-state index in [1.807, 2.05) is 0 Å². The summed E-state index contributed by atoms with van der Waals surface area (Å²) in [5.74, 6) is -5.90. The van der Waals surface area contributed by atoms with Gasteiger partial charge in [0.15, 0.2) is 11.6 Å². The van der Waals surface area contributed by atoms with Crippen molar-refractivity contribution in [1.29, 1.82) is 0 Å². The fourth-order valence-electron chi connectivity index (χ4n) is 3.06. The summed E-state index contributed by atoms with van der Waals surface area (Å²) in [5, 5.41) is 3.35. The zero-order valence-corrected chi connectivity index (χ0v) is 24.8. The molecule has 43 heavy (non-hydrogen) atoms. The molecule has 246 valence electrons. The van der Waals surface area contributed by atoms with Crippen LogP contribution in [0.1, 0.15) is 17.5 Å². The maximum atomic E-state index is 14.1. The Morgan fingerprint density at radius 1 is 0.581 bits per heavy atom. The highest BCUT2D eigenvalue weighted by Gasteiger charge is 2.23. The second-order valence-electron chi connectivity index (χ2n) is 8.60. The highest BCUT2D eigenvalue weighted by molar-refractivity contribution is 5.72. The number of hydrogen-bond donors (Lipinski definition) is 0. The Morgan fingerprint density at radius 3 is 1.33 bits per heavy atom. The van der Waals surface area contributed by atoms with E-state index in [0.29, 0.717) is 92.4 Å². The quantitative estimate of drug-likeness (QED) is 0.0258. The molecule has 0 aromatic heterocycles. The van der Waals surface area contributed by atoms with Gasteiger partial charge in [-0.05, 0) is 30.5 Å². The van der Waals surface area contributed by atoms with Crippen LogP contribution >= 0.6 is 0 Å². The van der Waals surface area contributed by atoms with Gasteiger partial charge in [0.05, 0.1) is 112 Å². The van der Waals surface area contributed by atoms with Gasteiger partial charge in [0.2, 0.25) is 11.6 Å². The number of nitrogens with zero attached hydrogens (tertiary/aromatic N) is 3. The van der Waals surface area contributed by atoms with E-state index >= 15 is 0 Å². The molecule has 0 unspecified atom stereocenters. The molecule has 0 spiro atoms. The lowest BCUT2D eigenvalue weighted by Crippen LogP contribution is -2.16. The number of benzene rings is 1. The number of azide groups is 1. The third kappa shape index (κ3) is 18.7. The zero-order chi connectivity index (χ0) is 31.5. The second kappa shape index (κ2) is 25.9. The Kier molecular flexibility index (Phi) is 23.2. The van der Waals surface area contributed by atoms with E-state index < -0.39 is 29.2 Å². The van der Waals surface area contributed by atoms with E-state index in [4.69, 9.17) is 43.4 Å². The number of hydrogen-bond acceptors (Lipinski definition) is 11. The summed E-state index contributed by atoms with van der Waals surface area (Å²) in [6, 6.07) is 0. The average molecular weight is 626 g/mol. The Bertz CT molecular complexity index is 926. The van der Waals surface area contributed by atoms with E-state index in [-0.39, 0.29) is 37.4 Å². The van der Waals surface area contributed by atoms with Crippen molar-refractivity contribution in [3.63, 3.8) is 0 Å². The van der Waals surface area contributed by atoms with Gasteiger partial charge in [0, 0.05) is 11.5 Å². The highest BCUT2D eigenvalue weighted by Crippen LogP contribution is 2.30. The van der Waals surface area contributed by atoms with Gasteiger partial charge in [-0.3, -0.25) is 4.79 Å². The van der Waals surface area contributed by atoms with Crippen LogP contribution in [0.5, 0.6) is 5.75 Å². The van der Waals surface area contributed by atoms with Crippen LogP contribution in [0.15, 0.2) is 5.11 Å². The first kappa shape index (κ1) is 38.5. The number of esters is 1. The third-order valence-electron chi connectivity index (χ3n) is 5.48. The van der Waals surface area contributed by atoms with E-state index in [9.17, 15) is 18.0 Å². The summed E-state index contributed by atoms with van der Waals surface area (Å²) >= 11 is 0. The summed E-state index contributed by atoms with van der Waals surface area (Å²) in [6.45, 7) is 8.62. The van der Waals surface area contributed by atoms with Crippen molar-refractivity contribution in [2.75, 3.05) is 112 Å². The van der Waals surface area contributed by atoms with Crippen molar-refractivity contribution in [3.05, 3.63) is 39.0 Å². The lowest BCUT2D eigenvalue weighted by molar-refractivity contribution is -0.136. The summed E-state index contributed by atoms with van der Waals surface area (Å²) in [6.07, 6.45) is -0.272. The molecule has 0 atom stereocenters. The van der Waals surface area contributed by atoms with Crippen LogP contribution < -0.4 is 4.74 Å². The minimum Gasteiger partial charge on any atom is -0.420 e. The fourth-order valence-corrected chi connectivity index (χ4v) is 3.06. The monoisotopic (exact) mass is 625 g/mol. The van der Waals surface area contributed by atoms with Crippen LogP contribution in [-0.4, -0.2) is 118 Å². The molecule has 1 aromatic rings. The Hall–Kier alpha value is -2.53. The SMILES string of the molecule is Cc1c(C)c(F)c(OC(=O)CCOCCOCCOCCOCCOCCOCCOCCOCCN=[N+]=[N-])c(F)c1F. The van der Waals surface area contributed by atoms with Crippen LogP contribution in [0.4, 0.5) is 13.2 Å². The van der Waals surface area contributed by atoms with Crippen molar-refractivity contribution in [3.8, 4) is 5.75 Å². The number of carbonyl (C=O) groups is 1. The van der Waals surface area contributed by atoms with Crippen molar-refractivity contribution >= 4 is 5.97 Å². The lowest BCUT2D eigenvalue weighted by Gasteiger charge is -2.12. The van der Waals surface area contributed by atoms with Crippen molar-refractivity contribution < 1.29 is 60.6 Å². The van der Waals surface area contributed by atoms with E-state index in [1.165, 1.54) is 13.8 Å². The van der Waals surface area contributed by atoms with E-state index in [0.717, 1.165) is 0 Å². The first-order chi connectivity index (χ1) is 20.9. The molecular formula is C27H42F3N3O10. The predicted molar refractivity (Wildman–Crippen MR) is 147 cm³/mol. The van der Waals surface area contributed by atoms with Crippen molar-refractivity contribution in [2.24, 2.45) is 5.11 Å². The van der Waals surface area contributed by atoms with Gasteiger partial charge in [-0.25, -0.2) is 8.78 Å². The molecule has 0 heterocycles. The summed E-state index contributed by atoms with van der Waals surface area (Å²) in [4.78, 5) is 14.4. The van der Waals surface area contributed by atoms with Gasteiger partial charge in [0.25, 0.3) is 0 Å². The molecule has 0 amide bonds. The molecular weight excluding hydrogens is 583 g/mol. The van der Waals surface area contributed by atoms with Gasteiger partial charge >= 0.3 is 5.97 Å². The average Bonchev–Trinajstić information content (AvgIpc) is 3.00. The molecule has 13 nitrogen and oxygen atoms in total. The molecule has 1 rings (SSSR count). The summed E-state index contributed by atoms with van der Waals surface area (Å²) in [7, 11) is 0. The number of carbonyl (C=O) groups excluding carboxylic acids is 1. The topological polar surface area (TPSA) is 149 Å². The van der Waals surface area contributed by atoms with Gasteiger partial charge in [0.1, 0.15) is 0 Å². The lowest BCUT2D eigenvalue weighted by atomic mass is 10.1. The maximum Gasteiger partial charge on any atom is 0.313 e. The fraction of sp³-hybridized carbons (Fsp3) is 0.741. The Morgan fingerprint density at radius 2 is 0.930 bits per heavy atom. The molecule has 16 heteroatoms. The molecule has 0 radical (unpaired) electrons. The van der Waals surface area contributed by atoms with Crippen LogP contribution in [0, 0.1) is 31.3 Å². The van der Waals surface area contributed by atoms with Gasteiger partial charge < -0.3 is 42.6 Å². The molecule has 0 aliphatic carbocycles. The molecule has 0 fully saturated rings. The summed E-state index contributed by atoms with van der Waals surface area (Å²) in [5.41, 5.74) is 7.81. The van der Waals surface area contributed by atoms with E-state index in [2.05, 4.69) is 14.8 Å². The molecule has 0 saturated carbocycles. The smallest absolute Gasteiger partial charge is 0.313 e. The minimum absolute atomic E-state index is 0.0572. The van der Waals surface area contributed by atoms with Gasteiger partial charge in [-0.1, -0.05) is 5.11 Å². The zero-order valence-electron chi connectivity index (χ0n) is 24.8. The first-order valence-corrected chi connectivity index (χ1v) is 13.9. The number of rotatable bonds is 28. The van der Waals surface area contributed by atoms with E-state index in [1.54, 1.807) is 0 Å². The van der Waals surface area contributed by atoms with Crippen molar-refractivity contribution in [2.45, 2.75) is 20.3 Å². The van der Waals surface area contributed by atoms with Crippen molar-refractivity contribution in [1.82, 2.24) is 0 Å². The molecule has 1 aromatic carbocycles. The maximum absolute atomic E-state index is 14.1. The standard InChI is InChI=1S/C27H42F3N3O10/c1-21-22(2)25(29)27(26(30)24(21)28)43-23(34)3-5-35-7-9-37-11-13-39-15-17-41-19-20-42-18-16-40-14-12-38-10-8-36-6-4-32-33-31/h3-20H2,1-2H3. The predicted octanol–water partition coefficient (Wildman–Crippen LogP) is 3.46. The van der Waals surface area contributed by atoms with Crippen LogP contribution in [0.3, 0.4) is 0 Å². The van der Waals surface area contributed by atoms with Gasteiger partial charge in [-0.2, -0.15) is 4.39 Å². The van der Waals surface area contributed by atoms with Gasteiger partial charge in [-0.15, -0.1) is 0 Å². The van der Waals surface area contributed by atoms with Crippen LogP contribution in [0.2, 0.25) is 0 Å². The molecule has 0 N–H and O–H groups in total. The molecule has 0 aliphatic heterocycles. The number of ether oxygens (including phenoxy) is 9. The second-order valence-corrected chi connectivity index (χ2v) is 8.60. The first-order valence-electron chi connectivity index (χ1n) is 13.9. The molecule has 0 aliphatic rings. The van der Waals surface area contributed by atoms with Crippen LogP contribution in [0.25, 0.3) is 10.4 Å². The molecule has 0 bridgehead atoms. The summed E-state index contributed by atoms with van der Waals surface area (Å²) < 4.78 is 89.1. The largest absolute Gasteiger partial charge is 0.420 e. The van der Waals surface area contributed by atoms with Crippen LogP contribution in [-0.2, 0) is 42.7 Å². The normalized spacial score (nSPS) is 11.1.